The van der Waals surface area contributed by atoms with Gasteiger partial charge in [-0.15, -0.1) is 0 Å². The fraction of sp³-hybridized carbons (Fsp3) is 0.462. The molecule has 0 bridgehead atoms. The van der Waals surface area contributed by atoms with Crippen molar-refractivity contribution in [3.8, 4) is 0 Å². The zero-order chi connectivity index (χ0) is 23.0. The fourth-order valence-electron chi connectivity index (χ4n) is 4.61. The zero-order valence-electron chi connectivity index (χ0n) is 19.4. The van der Waals surface area contributed by atoms with Gasteiger partial charge < -0.3 is 19.9 Å². The Kier molecular flexibility index (Phi) is 7.96. The van der Waals surface area contributed by atoms with Crippen LogP contribution in [0.25, 0.3) is 0 Å². The molecule has 2 amide bonds. The predicted molar refractivity (Wildman–Crippen MR) is 130 cm³/mol. The van der Waals surface area contributed by atoms with Crippen LogP contribution in [0.2, 0.25) is 0 Å². The highest BCUT2D eigenvalue weighted by molar-refractivity contribution is 5.95. The van der Waals surface area contributed by atoms with Crippen molar-refractivity contribution in [1.82, 2.24) is 9.80 Å². The highest BCUT2D eigenvalue weighted by atomic mass is 16.5. The molecular formula is C26H34N4O3. The number of anilines is 2. The Morgan fingerprint density at radius 3 is 2.27 bits per heavy atom. The average Bonchev–Trinajstić information content (AvgIpc) is 3.38. The molecule has 0 radical (unpaired) electrons. The van der Waals surface area contributed by atoms with E-state index in [-0.39, 0.29) is 24.4 Å². The summed E-state index contributed by atoms with van der Waals surface area (Å²) in [6.45, 7) is 7.49. The highest BCUT2D eigenvalue weighted by Gasteiger charge is 2.33. The molecule has 1 N–H and O–H groups in total. The van der Waals surface area contributed by atoms with Crippen molar-refractivity contribution >= 4 is 23.2 Å². The highest BCUT2D eigenvalue weighted by Crippen LogP contribution is 2.27. The summed E-state index contributed by atoms with van der Waals surface area (Å²) in [5, 5.41) is 2.95. The van der Waals surface area contributed by atoms with Crippen molar-refractivity contribution in [2.24, 2.45) is 0 Å². The lowest BCUT2D eigenvalue weighted by Gasteiger charge is -2.32. The molecule has 7 nitrogen and oxygen atoms in total. The Balaban J connectivity index is 1.39. The van der Waals surface area contributed by atoms with Crippen LogP contribution in [0.5, 0.6) is 0 Å². The van der Waals surface area contributed by atoms with Crippen LogP contribution >= 0.6 is 0 Å². The molecule has 0 saturated carbocycles. The minimum Gasteiger partial charge on any atom is -0.378 e. The van der Waals surface area contributed by atoms with Gasteiger partial charge in [0.1, 0.15) is 6.04 Å². The SMILES string of the molecule is CCN(CC(=O)Nc1ccc(N2CCOCC2)cc1)C(=O)C(c1ccccc1)N1CCCC1. The second-order valence-corrected chi connectivity index (χ2v) is 8.60. The van der Waals surface area contributed by atoms with Gasteiger partial charge in [-0.3, -0.25) is 14.5 Å². The third-order valence-corrected chi connectivity index (χ3v) is 6.41. The lowest BCUT2D eigenvalue weighted by molar-refractivity contribution is -0.139. The molecule has 2 aliphatic heterocycles. The molecule has 2 aliphatic rings. The number of hydrogen-bond donors (Lipinski definition) is 1. The van der Waals surface area contributed by atoms with Crippen molar-refractivity contribution in [2.75, 3.05) is 62.7 Å². The third kappa shape index (κ3) is 5.92. The number of ether oxygens (including phenoxy) is 1. The van der Waals surface area contributed by atoms with Crippen molar-refractivity contribution in [2.45, 2.75) is 25.8 Å². The van der Waals surface area contributed by atoms with E-state index < -0.39 is 0 Å². The largest absolute Gasteiger partial charge is 0.378 e. The first kappa shape index (κ1) is 23.3. The van der Waals surface area contributed by atoms with Crippen LogP contribution in [0.3, 0.4) is 0 Å². The van der Waals surface area contributed by atoms with E-state index in [0.29, 0.717) is 6.54 Å². The molecule has 33 heavy (non-hydrogen) atoms. The van der Waals surface area contributed by atoms with Gasteiger partial charge in [-0.2, -0.15) is 0 Å². The van der Waals surface area contributed by atoms with Gasteiger partial charge in [-0.05, 0) is 62.7 Å². The first-order valence-electron chi connectivity index (χ1n) is 12.0. The molecule has 2 heterocycles. The standard InChI is InChI=1S/C26H34N4O3/c1-2-28(26(32)25(30-14-6-7-15-30)21-8-4-3-5-9-21)20-24(31)27-22-10-12-23(13-11-22)29-16-18-33-19-17-29/h3-5,8-13,25H,2,6-7,14-20H2,1H3,(H,27,31). The molecule has 1 unspecified atom stereocenters. The van der Waals surface area contributed by atoms with E-state index >= 15 is 0 Å². The molecule has 7 heteroatoms. The molecule has 0 aromatic heterocycles. The summed E-state index contributed by atoms with van der Waals surface area (Å²) >= 11 is 0. The molecule has 176 valence electrons. The van der Waals surface area contributed by atoms with E-state index in [1.807, 2.05) is 61.5 Å². The summed E-state index contributed by atoms with van der Waals surface area (Å²) in [5.74, 6) is -0.194. The number of morpholine rings is 1. The molecule has 1 atom stereocenters. The number of benzene rings is 2. The summed E-state index contributed by atoms with van der Waals surface area (Å²) in [7, 11) is 0. The zero-order valence-corrected chi connectivity index (χ0v) is 19.4. The van der Waals surface area contributed by atoms with Crippen molar-refractivity contribution in [3.63, 3.8) is 0 Å². The van der Waals surface area contributed by atoms with Gasteiger partial charge in [-0.25, -0.2) is 0 Å². The lowest BCUT2D eigenvalue weighted by atomic mass is 10.0. The number of likely N-dealkylation sites (N-methyl/N-ethyl adjacent to an activating group) is 1. The van der Waals surface area contributed by atoms with E-state index in [2.05, 4.69) is 15.1 Å². The number of carbonyl (C=O) groups is 2. The lowest BCUT2D eigenvalue weighted by Crippen LogP contribution is -2.45. The van der Waals surface area contributed by atoms with Crippen LogP contribution < -0.4 is 10.2 Å². The second kappa shape index (κ2) is 11.3. The quantitative estimate of drug-likeness (QED) is 0.669. The maximum Gasteiger partial charge on any atom is 0.244 e. The Bertz CT molecular complexity index is 907. The van der Waals surface area contributed by atoms with E-state index in [0.717, 1.165) is 69.2 Å². The molecule has 2 fully saturated rings. The molecule has 0 spiro atoms. The predicted octanol–water partition coefficient (Wildman–Crippen LogP) is 3.15. The summed E-state index contributed by atoms with van der Waals surface area (Å²) in [6, 6.07) is 17.4. The minimum atomic E-state index is -0.339. The normalized spacial score (nSPS) is 17.5. The number of nitrogens with zero attached hydrogens (tertiary/aromatic N) is 3. The van der Waals surface area contributed by atoms with Crippen molar-refractivity contribution < 1.29 is 14.3 Å². The molecule has 2 saturated heterocycles. The maximum absolute atomic E-state index is 13.6. The smallest absolute Gasteiger partial charge is 0.244 e. The first-order chi connectivity index (χ1) is 16.2. The summed E-state index contributed by atoms with van der Waals surface area (Å²) in [4.78, 5) is 32.5. The number of rotatable bonds is 8. The van der Waals surface area contributed by atoms with E-state index in [4.69, 9.17) is 4.74 Å². The van der Waals surface area contributed by atoms with Gasteiger partial charge in [0, 0.05) is 31.0 Å². The van der Waals surface area contributed by atoms with Gasteiger partial charge in [0.2, 0.25) is 11.8 Å². The first-order valence-corrected chi connectivity index (χ1v) is 12.0. The van der Waals surface area contributed by atoms with Gasteiger partial charge in [0.15, 0.2) is 0 Å². The van der Waals surface area contributed by atoms with Gasteiger partial charge in [-0.1, -0.05) is 30.3 Å². The molecule has 2 aromatic rings. The Morgan fingerprint density at radius 2 is 1.64 bits per heavy atom. The third-order valence-electron chi connectivity index (χ3n) is 6.41. The number of nitrogens with one attached hydrogen (secondary N) is 1. The summed E-state index contributed by atoms with van der Waals surface area (Å²) in [5.41, 5.74) is 2.85. The average molecular weight is 451 g/mol. The van der Waals surface area contributed by atoms with Crippen molar-refractivity contribution in [3.05, 3.63) is 60.2 Å². The van der Waals surface area contributed by atoms with Crippen LogP contribution in [-0.4, -0.2) is 74.1 Å². The summed E-state index contributed by atoms with van der Waals surface area (Å²) < 4.78 is 5.41. The summed E-state index contributed by atoms with van der Waals surface area (Å²) in [6.07, 6.45) is 2.20. The fourth-order valence-corrected chi connectivity index (χ4v) is 4.61. The molecule has 4 rings (SSSR count). The van der Waals surface area contributed by atoms with Gasteiger partial charge >= 0.3 is 0 Å². The number of hydrogen-bond acceptors (Lipinski definition) is 5. The van der Waals surface area contributed by atoms with E-state index in [1.165, 1.54) is 0 Å². The number of carbonyl (C=O) groups excluding carboxylic acids is 2. The number of amides is 2. The molecule has 2 aromatic carbocycles. The van der Waals surface area contributed by atoms with Crippen LogP contribution in [-0.2, 0) is 14.3 Å². The minimum absolute atomic E-state index is 0.0107. The van der Waals surface area contributed by atoms with Crippen LogP contribution in [0.15, 0.2) is 54.6 Å². The van der Waals surface area contributed by atoms with E-state index in [1.54, 1.807) is 4.90 Å². The Morgan fingerprint density at radius 1 is 0.970 bits per heavy atom. The number of likely N-dealkylation sites (tertiary alicyclic amines) is 1. The van der Waals surface area contributed by atoms with Gasteiger partial charge in [0.05, 0.1) is 19.8 Å². The monoisotopic (exact) mass is 450 g/mol. The Hall–Kier alpha value is -2.90. The topological polar surface area (TPSA) is 65.1 Å². The van der Waals surface area contributed by atoms with E-state index in [9.17, 15) is 9.59 Å². The van der Waals surface area contributed by atoms with Crippen molar-refractivity contribution in [1.29, 1.82) is 0 Å². The van der Waals surface area contributed by atoms with Crippen LogP contribution in [0, 0.1) is 0 Å². The maximum atomic E-state index is 13.6. The van der Waals surface area contributed by atoms with Crippen LogP contribution in [0.1, 0.15) is 31.4 Å². The molecular weight excluding hydrogens is 416 g/mol. The molecule has 0 aliphatic carbocycles. The van der Waals surface area contributed by atoms with Crippen LogP contribution in [0.4, 0.5) is 11.4 Å². The van der Waals surface area contributed by atoms with Gasteiger partial charge in [0.25, 0.3) is 0 Å². The second-order valence-electron chi connectivity index (χ2n) is 8.60. The Labute approximate surface area is 196 Å².